The highest BCUT2D eigenvalue weighted by Gasteiger charge is 2.06. The molecule has 6 heteroatoms. The van der Waals surface area contributed by atoms with E-state index < -0.39 is 0 Å². The minimum Gasteiger partial charge on any atom is -0.375 e. The normalized spacial score (nSPS) is 9.53. The standard InChI is InChI=1S/C11H11BrClN3O/c1-7-4-8(12)10(5-9(7)13)16-6-11(17)15-3-2-14/h4-5,16H,3,6H2,1H3,(H,15,17). The average Bonchev–Trinajstić information content (AvgIpc) is 2.29. The largest absolute Gasteiger partial charge is 0.375 e. The van der Waals surface area contributed by atoms with E-state index >= 15 is 0 Å². The molecule has 0 aromatic heterocycles. The van der Waals surface area contributed by atoms with Crippen LogP contribution in [0, 0.1) is 18.3 Å². The minimum atomic E-state index is -0.241. The van der Waals surface area contributed by atoms with E-state index in [9.17, 15) is 4.79 Å². The maximum absolute atomic E-state index is 11.3. The van der Waals surface area contributed by atoms with Gasteiger partial charge < -0.3 is 10.6 Å². The number of amides is 1. The molecule has 0 spiro atoms. The number of hydrogen-bond donors (Lipinski definition) is 2. The number of nitrogens with one attached hydrogen (secondary N) is 2. The maximum atomic E-state index is 11.3. The summed E-state index contributed by atoms with van der Waals surface area (Å²) in [6.07, 6.45) is 0. The quantitative estimate of drug-likeness (QED) is 0.839. The Morgan fingerprint density at radius 1 is 1.59 bits per heavy atom. The monoisotopic (exact) mass is 315 g/mol. The van der Waals surface area contributed by atoms with Gasteiger partial charge in [-0.15, -0.1) is 0 Å². The van der Waals surface area contributed by atoms with Crippen molar-refractivity contribution in [3.8, 4) is 6.07 Å². The summed E-state index contributed by atoms with van der Waals surface area (Å²) in [4.78, 5) is 11.3. The molecule has 90 valence electrons. The molecular weight excluding hydrogens is 305 g/mol. The van der Waals surface area contributed by atoms with Crippen LogP contribution in [0.15, 0.2) is 16.6 Å². The summed E-state index contributed by atoms with van der Waals surface area (Å²) < 4.78 is 0.840. The molecule has 0 saturated carbocycles. The van der Waals surface area contributed by atoms with E-state index in [0.29, 0.717) is 5.02 Å². The summed E-state index contributed by atoms with van der Waals surface area (Å²) in [7, 11) is 0. The van der Waals surface area contributed by atoms with Crippen LogP contribution in [0.2, 0.25) is 5.02 Å². The number of hydrogen-bond acceptors (Lipinski definition) is 3. The molecule has 2 N–H and O–H groups in total. The molecule has 0 heterocycles. The molecule has 0 unspecified atom stereocenters. The molecule has 0 bridgehead atoms. The first-order chi connectivity index (χ1) is 8.04. The zero-order valence-corrected chi connectivity index (χ0v) is 11.5. The van der Waals surface area contributed by atoms with Crippen LogP contribution in [-0.2, 0) is 4.79 Å². The highest BCUT2D eigenvalue weighted by Crippen LogP contribution is 2.28. The predicted octanol–water partition coefficient (Wildman–Crippen LogP) is 2.46. The number of carbonyl (C=O) groups is 1. The summed E-state index contributed by atoms with van der Waals surface area (Å²) >= 11 is 9.36. The number of aryl methyl sites for hydroxylation is 1. The van der Waals surface area contributed by atoms with Crippen molar-refractivity contribution >= 4 is 39.1 Å². The molecule has 1 rings (SSSR count). The lowest BCUT2D eigenvalue weighted by atomic mass is 10.2. The Labute approximate surface area is 113 Å². The van der Waals surface area contributed by atoms with Gasteiger partial charge >= 0.3 is 0 Å². The number of nitrogens with zero attached hydrogens (tertiary/aromatic N) is 1. The fourth-order valence-corrected chi connectivity index (χ4v) is 1.92. The van der Waals surface area contributed by atoms with Gasteiger partial charge in [-0.2, -0.15) is 5.26 Å². The Balaban J connectivity index is 2.61. The fourth-order valence-electron chi connectivity index (χ4n) is 1.16. The van der Waals surface area contributed by atoms with Crippen LogP contribution in [0.1, 0.15) is 5.56 Å². The lowest BCUT2D eigenvalue weighted by molar-refractivity contribution is -0.119. The van der Waals surface area contributed by atoms with Gasteiger partial charge in [-0.25, -0.2) is 0 Å². The van der Waals surface area contributed by atoms with E-state index in [1.807, 2.05) is 19.1 Å². The first-order valence-electron chi connectivity index (χ1n) is 4.87. The van der Waals surface area contributed by atoms with E-state index in [0.717, 1.165) is 15.7 Å². The molecule has 1 amide bonds. The van der Waals surface area contributed by atoms with E-state index in [1.54, 1.807) is 6.07 Å². The number of anilines is 1. The molecule has 0 fully saturated rings. The molecule has 1 aromatic rings. The van der Waals surface area contributed by atoms with Crippen molar-refractivity contribution in [3.63, 3.8) is 0 Å². The third-order valence-electron chi connectivity index (χ3n) is 2.05. The van der Waals surface area contributed by atoms with Crippen molar-refractivity contribution in [2.24, 2.45) is 0 Å². The van der Waals surface area contributed by atoms with Gasteiger partial charge in [-0.3, -0.25) is 4.79 Å². The number of rotatable bonds is 4. The molecule has 0 atom stereocenters. The summed E-state index contributed by atoms with van der Waals surface area (Å²) in [5.74, 6) is -0.241. The fraction of sp³-hybridized carbons (Fsp3) is 0.273. The van der Waals surface area contributed by atoms with Crippen LogP contribution >= 0.6 is 27.5 Å². The highest BCUT2D eigenvalue weighted by atomic mass is 79.9. The van der Waals surface area contributed by atoms with Crippen molar-refractivity contribution in [1.82, 2.24) is 5.32 Å². The van der Waals surface area contributed by atoms with Gasteiger partial charge in [-0.05, 0) is 40.5 Å². The lowest BCUT2D eigenvalue weighted by Crippen LogP contribution is -2.30. The average molecular weight is 317 g/mol. The lowest BCUT2D eigenvalue weighted by Gasteiger charge is -2.10. The van der Waals surface area contributed by atoms with Crippen LogP contribution in [0.25, 0.3) is 0 Å². The van der Waals surface area contributed by atoms with E-state index in [4.69, 9.17) is 16.9 Å². The number of halogens is 2. The van der Waals surface area contributed by atoms with Gasteiger partial charge in [0.05, 0.1) is 18.3 Å². The number of benzene rings is 1. The minimum absolute atomic E-state index is 0.0103. The van der Waals surface area contributed by atoms with Gasteiger partial charge in [0.1, 0.15) is 6.54 Å². The Morgan fingerprint density at radius 2 is 2.29 bits per heavy atom. The first-order valence-corrected chi connectivity index (χ1v) is 6.05. The summed E-state index contributed by atoms with van der Waals surface area (Å²) in [6, 6.07) is 5.46. The zero-order valence-electron chi connectivity index (χ0n) is 9.18. The van der Waals surface area contributed by atoms with E-state index in [1.165, 1.54) is 0 Å². The van der Waals surface area contributed by atoms with Gasteiger partial charge in [0.25, 0.3) is 0 Å². The van der Waals surface area contributed by atoms with Crippen LogP contribution in [0.4, 0.5) is 5.69 Å². The van der Waals surface area contributed by atoms with Gasteiger partial charge in [0.2, 0.25) is 5.91 Å². The topological polar surface area (TPSA) is 64.9 Å². The van der Waals surface area contributed by atoms with E-state index in [-0.39, 0.29) is 19.0 Å². The molecule has 0 aliphatic heterocycles. The zero-order chi connectivity index (χ0) is 12.8. The van der Waals surface area contributed by atoms with Crippen molar-refractivity contribution in [2.75, 3.05) is 18.4 Å². The molecule has 17 heavy (non-hydrogen) atoms. The Bertz CT molecular complexity index is 471. The Morgan fingerprint density at radius 3 is 2.94 bits per heavy atom. The summed E-state index contributed by atoms with van der Waals surface area (Å²) in [5.41, 5.74) is 1.70. The predicted molar refractivity (Wildman–Crippen MR) is 71.0 cm³/mol. The van der Waals surface area contributed by atoms with Gasteiger partial charge in [0, 0.05) is 9.50 Å². The molecule has 0 saturated heterocycles. The van der Waals surface area contributed by atoms with Crippen molar-refractivity contribution < 1.29 is 4.79 Å². The summed E-state index contributed by atoms with van der Waals surface area (Å²) in [6.45, 7) is 2.01. The second-order valence-electron chi connectivity index (χ2n) is 3.37. The molecule has 1 aromatic carbocycles. The SMILES string of the molecule is Cc1cc(Br)c(NCC(=O)NCC#N)cc1Cl. The summed E-state index contributed by atoms with van der Waals surface area (Å²) in [5, 5.41) is 14.3. The first kappa shape index (κ1) is 13.8. The van der Waals surface area contributed by atoms with Crippen LogP contribution < -0.4 is 10.6 Å². The Hall–Kier alpha value is -1.25. The molecular formula is C11H11BrClN3O. The van der Waals surface area contributed by atoms with Crippen molar-refractivity contribution in [2.45, 2.75) is 6.92 Å². The second-order valence-corrected chi connectivity index (χ2v) is 4.63. The van der Waals surface area contributed by atoms with Gasteiger partial charge in [-0.1, -0.05) is 11.6 Å². The molecule has 0 aliphatic carbocycles. The van der Waals surface area contributed by atoms with Crippen molar-refractivity contribution in [1.29, 1.82) is 5.26 Å². The molecule has 0 aliphatic rings. The Kier molecular flexibility index (Phi) is 5.26. The second kappa shape index (κ2) is 6.48. The maximum Gasteiger partial charge on any atom is 0.240 e. The number of nitriles is 1. The smallest absolute Gasteiger partial charge is 0.240 e. The van der Waals surface area contributed by atoms with Crippen molar-refractivity contribution in [3.05, 3.63) is 27.2 Å². The van der Waals surface area contributed by atoms with Crippen LogP contribution in [0.5, 0.6) is 0 Å². The molecule has 4 nitrogen and oxygen atoms in total. The third-order valence-corrected chi connectivity index (χ3v) is 3.12. The molecule has 0 radical (unpaired) electrons. The number of carbonyl (C=O) groups excluding carboxylic acids is 1. The van der Waals surface area contributed by atoms with Crippen LogP contribution in [-0.4, -0.2) is 19.0 Å². The highest BCUT2D eigenvalue weighted by molar-refractivity contribution is 9.10. The van der Waals surface area contributed by atoms with E-state index in [2.05, 4.69) is 26.6 Å². The van der Waals surface area contributed by atoms with Gasteiger partial charge in [0.15, 0.2) is 0 Å². The van der Waals surface area contributed by atoms with Crippen LogP contribution in [0.3, 0.4) is 0 Å². The third kappa shape index (κ3) is 4.25.